The summed E-state index contributed by atoms with van der Waals surface area (Å²) in [4.78, 5) is 31.2. The van der Waals surface area contributed by atoms with Crippen molar-refractivity contribution in [3.63, 3.8) is 0 Å². The van der Waals surface area contributed by atoms with Crippen molar-refractivity contribution in [1.29, 1.82) is 0 Å². The zero-order valence-electron chi connectivity index (χ0n) is 11.0. The van der Waals surface area contributed by atoms with Gasteiger partial charge in [0.2, 0.25) is 5.91 Å². The lowest BCUT2D eigenvalue weighted by molar-refractivity contribution is -0.128. The van der Waals surface area contributed by atoms with Crippen molar-refractivity contribution in [2.24, 2.45) is 5.41 Å². The summed E-state index contributed by atoms with van der Waals surface area (Å²) in [6.07, 6.45) is 4.27. The normalized spacial score (nSPS) is 20.5. The quantitative estimate of drug-likeness (QED) is 0.748. The molecule has 3 rings (SSSR count). The van der Waals surface area contributed by atoms with E-state index in [-0.39, 0.29) is 17.2 Å². The van der Waals surface area contributed by atoms with Gasteiger partial charge >= 0.3 is 0 Å². The van der Waals surface area contributed by atoms with Crippen molar-refractivity contribution in [1.82, 2.24) is 14.8 Å². The van der Waals surface area contributed by atoms with E-state index in [0.717, 1.165) is 32.6 Å². The zero-order chi connectivity index (χ0) is 13.5. The molecule has 5 nitrogen and oxygen atoms in total. The summed E-state index contributed by atoms with van der Waals surface area (Å²) in [6, 6.07) is 3.56. The Morgan fingerprint density at radius 2 is 2.00 bits per heavy atom. The second-order valence-electron chi connectivity index (χ2n) is 5.59. The number of amides is 2. The molecule has 2 aliphatic heterocycles. The lowest BCUT2D eigenvalue weighted by Gasteiger charge is -2.47. The molecule has 0 bridgehead atoms. The molecule has 19 heavy (non-hydrogen) atoms. The Hall–Kier alpha value is -1.91. The molecule has 3 heterocycles. The predicted octanol–water partition coefficient (Wildman–Crippen LogP) is 0.776. The lowest BCUT2D eigenvalue weighted by atomic mass is 9.79. The van der Waals surface area contributed by atoms with Gasteiger partial charge in [-0.25, -0.2) is 0 Å². The lowest BCUT2D eigenvalue weighted by Crippen LogP contribution is -2.59. The predicted molar refractivity (Wildman–Crippen MR) is 69.4 cm³/mol. The SMILES string of the molecule is CC(=O)N1CCC2(C1)CN(C(=O)c1cccnc1)C2. The standard InChI is InChI=1S/C14H17N3O2/c1-11(18)16-6-4-14(8-16)9-17(10-14)13(19)12-3-2-5-15-7-12/h2-3,5,7H,4,6,8-10H2,1H3. The van der Waals surface area contributed by atoms with Gasteiger partial charge in [0.05, 0.1) is 5.56 Å². The summed E-state index contributed by atoms with van der Waals surface area (Å²) in [5.74, 6) is 0.175. The van der Waals surface area contributed by atoms with Gasteiger partial charge in [0.15, 0.2) is 0 Å². The second kappa shape index (κ2) is 4.33. The molecular weight excluding hydrogens is 242 g/mol. The molecule has 1 spiro atoms. The molecule has 1 aromatic rings. The van der Waals surface area contributed by atoms with Crippen LogP contribution in [0.25, 0.3) is 0 Å². The maximum absolute atomic E-state index is 12.2. The van der Waals surface area contributed by atoms with E-state index in [1.807, 2.05) is 9.80 Å². The van der Waals surface area contributed by atoms with E-state index in [4.69, 9.17) is 0 Å². The van der Waals surface area contributed by atoms with Crippen LogP contribution in [-0.4, -0.2) is 52.8 Å². The highest BCUT2D eigenvalue weighted by molar-refractivity contribution is 5.94. The average Bonchev–Trinajstić information content (AvgIpc) is 2.83. The number of carbonyl (C=O) groups is 2. The number of pyridine rings is 1. The van der Waals surface area contributed by atoms with E-state index in [1.165, 1.54) is 0 Å². The molecule has 0 atom stereocenters. The van der Waals surface area contributed by atoms with Gasteiger partial charge in [-0.05, 0) is 18.6 Å². The smallest absolute Gasteiger partial charge is 0.255 e. The summed E-state index contributed by atoms with van der Waals surface area (Å²) < 4.78 is 0. The molecule has 0 unspecified atom stereocenters. The Labute approximate surface area is 112 Å². The Balaban J connectivity index is 1.62. The fourth-order valence-corrected chi connectivity index (χ4v) is 3.04. The number of rotatable bonds is 1. The molecule has 2 fully saturated rings. The van der Waals surface area contributed by atoms with Crippen LogP contribution in [0.2, 0.25) is 0 Å². The molecule has 2 aliphatic rings. The molecule has 5 heteroatoms. The van der Waals surface area contributed by atoms with Gasteiger partial charge in [-0.1, -0.05) is 0 Å². The molecule has 2 amide bonds. The first kappa shape index (κ1) is 12.1. The number of aromatic nitrogens is 1. The summed E-state index contributed by atoms with van der Waals surface area (Å²) in [7, 11) is 0. The van der Waals surface area contributed by atoms with Gasteiger partial charge in [-0.2, -0.15) is 0 Å². The molecule has 0 saturated carbocycles. The van der Waals surface area contributed by atoms with Crippen molar-refractivity contribution < 1.29 is 9.59 Å². The summed E-state index contributed by atoms with van der Waals surface area (Å²) in [5.41, 5.74) is 0.780. The van der Waals surface area contributed by atoms with Gasteiger partial charge in [-0.3, -0.25) is 14.6 Å². The minimum Gasteiger partial charge on any atom is -0.342 e. The fourth-order valence-electron chi connectivity index (χ4n) is 3.04. The number of carbonyl (C=O) groups excluding carboxylic acids is 2. The molecule has 0 N–H and O–H groups in total. The van der Waals surface area contributed by atoms with Crippen molar-refractivity contribution in [3.05, 3.63) is 30.1 Å². The van der Waals surface area contributed by atoms with E-state index >= 15 is 0 Å². The summed E-state index contributed by atoms with van der Waals surface area (Å²) in [5, 5.41) is 0. The Bertz CT molecular complexity index is 509. The van der Waals surface area contributed by atoms with Crippen LogP contribution in [0.1, 0.15) is 23.7 Å². The largest absolute Gasteiger partial charge is 0.342 e. The number of likely N-dealkylation sites (tertiary alicyclic amines) is 2. The first-order valence-corrected chi connectivity index (χ1v) is 6.55. The average molecular weight is 259 g/mol. The highest BCUT2D eigenvalue weighted by Crippen LogP contribution is 2.40. The Kier molecular flexibility index (Phi) is 2.77. The van der Waals surface area contributed by atoms with Crippen LogP contribution in [0.3, 0.4) is 0 Å². The highest BCUT2D eigenvalue weighted by atomic mass is 16.2. The van der Waals surface area contributed by atoms with Crippen molar-refractivity contribution in [3.8, 4) is 0 Å². The van der Waals surface area contributed by atoms with E-state index < -0.39 is 0 Å². The third kappa shape index (κ3) is 2.09. The van der Waals surface area contributed by atoms with Crippen LogP contribution in [0.5, 0.6) is 0 Å². The molecule has 0 radical (unpaired) electrons. The van der Waals surface area contributed by atoms with E-state index in [9.17, 15) is 9.59 Å². The zero-order valence-corrected chi connectivity index (χ0v) is 11.0. The third-order valence-corrected chi connectivity index (χ3v) is 4.13. The first-order chi connectivity index (χ1) is 9.10. The summed E-state index contributed by atoms with van der Waals surface area (Å²) in [6.45, 7) is 4.73. The Morgan fingerprint density at radius 1 is 1.26 bits per heavy atom. The topological polar surface area (TPSA) is 53.5 Å². The van der Waals surface area contributed by atoms with E-state index in [1.54, 1.807) is 31.5 Å². The minimum atomic E-state index is 0.0417. The van der Waals surface area contributed by atoms with E-state index in [2.05, 4.69) is 4.98 Å². The molecule has 2 saturated heterocycles. The third-order valence-electron chi connectivity index (χ3n) is 4.13. The van der Waals surface area contributed by atoms with Crippen molar-refractivity contribution >= 4 is 11.8 Å². The number of nitrogens with zero attached hydrogens (tertiary/aromatic N) is 3. The number of hydrogen-bond acceptors (Lipinski definition) is 3. The first-order valence-electron chi connectivity index (χ1n) is 6.55. The van der Waals surface area contributed by atoms with Gasteiger partial charge in [-0.15, -0.1) is 0 Å². The Morgan fingerprint density at radius 3 is 2.58 bits per heavy atom. The highest BCUT2D eigenvalue weighted by Gasteiger charge is 2.49. The van der Waals surface area contributed by atoms with Gasteiger partial charge < -0.3 is 9.80 Å². The van der Waals surface area contributed by atoms with Crippen LogP contribution in [0.4, 0.5) is 0 Å². The molecule has 1 aromatic heterocycles. The van der Waals surface area contributed by atoms with Crippen LogP contribution in [-0.2, 0) is 4.79 Å². The maximum atomic E-state index is 12.2. The monoisotopic (exact) mass is 259 g/mol. The molecule has 100 valence electrons. The van der Waals surface area contributed by atoms with Crippen molar-refractivity contribution in [2.75, 3.05) is 26.2 Å². The molecule has 0 aromatic carbocycles. The van der Waals surface area contributed by atoms with Gasteiger partial charge in [0.25, 0.3) is 5.91 Å². The van der Waals surface area contributed by atoms with Crippen LogP contribution < -0.4 is 0 Å². The molecule has 0 aliphatic carbocycles. The van der Waals surface area contributed by atoms with Crippen LogP contribution in [0.15, 0.2) is 24.5 Å². The minimum absolute atomic E-state index is 0.0417. The van der Waals surface area contributed by atoms with E-state index in [0.29, 0.717) is 5.56 Å². The second-order valence-corrected chi connectivity index (χ2v) is 5.59. The molecular formula is C14H17N3O2. The van der Waals surface area contributed by atoms with Crippen LogP contribution in [0, 0.1) is 5.41 Å². The summed E-state index contributed by atoms with van der Waals surface area (Å²) >= 11 is 0. The number of hydrogen-bond donors (Lipinski definition) is 0. The maximum Gasteiger partial charge on any atom is 0.255 e. The van der Waals surface area contributed by atoms with Gasteiger partial charge in [0.1, 0.15) is 0 Å². The fraction of sp³-hybridized carbons (Fsp3) is 0.500. The van der Waals surface area contributed by atoms with Gasteiger partial charge in [0, 0.05) is 50.9 Å². The van der Waals surface area contributed by atoms with Crippen molar-refractivity contribution in [2.45, 2.75) is 13.3 Å². The van der Waals surface area contributed by atoms with Crippen LogP contribution >= 0.6 is 0 Å².